The second-order valence-corrected chi connectivity index (χ2v) is 6.06. The number of nitrogens with one attached hydrogen (secondary N) is 1. The summed E-state index contributed by atoms with van der Waals surface area (Å²) < 4.78 is 7.33. The zero-order valence-electron chi connectivity index (χ0n) is 13.7. The van der Waals surface area contributed by atoms with E-state index in [4.69, 9.17) is 4.42 Å². The molecule has 2 aromatic rings. The first-order valence-corrected chi connectivity index (χ1v) is 7.89. The number of aryl methyl sites for hydroxylation is 1. The van der Waals surface area contributed by atoms with Gasteiger partial charge in [-0.05, 0) is 39.3 Å². The maximum atomic E-state index is 12.5. The minimum absolute atomic E-state index is 0.129. The number of aromatic nitrogens is 2. The topological polar surface area (TPSA) is 63.3 Å². The van der Waals surface area contributed by atoms with Crippen molar-refractivity contribution in [1.82, 2.24) is 14.7 Å². The van der Waals surface area contributed by atoms with Crippen LogP contribution >= 0.6 is 0 Å². The Kier molecular flexibility index (Phi) is 4.23. The standard InChI is InChI=1S/C17H22N4O2/c1-12(2)21-13(3)10-16(19-21)18-17(22)20-8-4-6-14(11-20)15-7-5-9-23-15/h5-7,9-10,12H,4,8,11H2,1-3H3,(H,18,19,22). The van der Waals surface area contributed by atoms with Gasteiger partial charge in [0.1, 0.15) is 5.76 Å². The third-order valence-corrected chi connectivity index (χ3v) is 3.92. The highest BCUT2D eigenvalue weighted by molar-refractivity contribution is 5.89. The molecule has 122 valence electrons. The van der Waals surface area contributed by atoms with E-state index in [0.717, 1.165) is 23.4 Å². The van der Waals surface area contributed by atoms with Gasteiger partial charge < -0.3 is 9.32 Å². The molecule has 0 fully saturated rings. The van der Waals surface area contributed by atoms with Gasteiger partial charge in [-0.25, -0.2) is 4.79 Å². The predicted molar refractivity (Wildman–Crippen MR) is 89.2 cm³/mol. The molecule has 0 atom stereocenters. The zero-order valence-corrected chi connectivity index (χ0v) is 13.7. The van der Waals surface area contributed by atoms with Gasteiger partial charge in [-0.3, -0.25) is 10.00 Å². The van der Waals surface area contributed by atoms with Crippen molar-refractivity contribution in [3.8, 4) is 0 Å². The largest absolute Gasteiger partial charge is 0.465 e. The molecule has 2 aromatic heterocycles. The smallest absolute Gasteiger partial charge is 0.323 e. The van der Waals surface area contributed by atoms with Gasteiger partial charge in [0.15, 0.2) is 5.82 Å². The molecule has 6 heteroatoms. The first-order chi connectivity index (χ1) is 11.0. The maximum Gasteiger partial charge on any atom is 0.323 e. The van der Waals surface area contributed by atoms with Crippen LogP contribution in [0.5, 0.6) is 0 Å². The van der Waals surface area contributed by atoms with Gasteiger partial charge in [0.05, 0.1) is 12.8 Å². The summed E-state index contributed by atoms with van der Waals surface area (Å²) in [7, 11) is 0. The molecule has 1 aliphatic heterocycles. The van der Waals surface area contributed by atoms with Gasteiger partial charge in [0, 0.05) is 29.9 Å². The molecule has 1 N–H and O–H groups in total. The molecule has 0 saturated heterocycles. The predicted octanol–water partition coefficient (Wildman–Crippen LogP) is 3.69. The fourth-order valence-electron chi connectivity index (χ4n) is 2.82. The summed E-state index contributed by atoms with van der Waals surface area (Å²) in [5, 5.41) is 7.33. The lowest BCUT2D eigenvalue weighted by atomic mass is 10.1. The molecule has 0 spiro atoms. The number of rotatable bonds is 3. The van der Waals surface area contributed by atoms with Gasteiger partial charge >= 0.3 is 6.03 Å². The van der Waals surface area contributed by atoms with Crippen LogP contribution in [0, 0.1) is 6.92 Å². The quantitative estimate of drug-likeness (QED) is 0.940. The number of hydrogen-bond acceptors (Lipinski definition) is 3. The van der Waals surface area contributed by atoms with Crippen LogP contribution in [0.3, 0.4) is 0 Å². The van der Waals surface area contributed by atoms with Crippen LogP contribution in [0.25, 0.3) is 5.57 Å². The van der Waals surface area contributed by atoms with Gasteiger partial charge in [-0.1, -0.05) is 6.08 Å². The summed E-state index contributed by atoms with van der Waals surface area (Å²) in [6.45, 7) is 7.36. The van der Waals surface area contributed by atoms with Gasteiger partial charge in [0.25, 0.3) is 0 Å². The van der Waals surface area contributed by atoms with E-state index in [1.54, 1.807) is 11.2 Å². The Morgan fingerprint density at radius 3 is 2.91 bits per heavy atom. The summed E-state index contributed by atoms with van der Waals surface area (Å²) >= 11 is 0. The van der Waals surface area contributed by atoms with Crippen LogP contribution in [0.2, 0.25) is 0 Å². The van der Waals surface area contributed by atoms with E-state index in [-0.39, 0.29) is 12.1 Å². The highest BCUT2D eigenvalue weighted by atomic mass is 16.3. The van der Waals surface area contributed by atoms with Crippen molar-refractivity contribution >= 4 is 17.4 Å². The Labute approximate surface area is 135 Å². The van der Waals surface area contributed by atoms with Crippen molar-refractivity contribution in [2.75, 3.05) is 18.4 Å². The molecule has 0 aliphatic carbocycles. The van der Waals surface area contributed by atoms with E-state index in [1.807, 2.05) is 29.8 Å². The first-order valence-electron chi connectivity index (χ1n) is 7.89. The number of carbonyl (C=O) groups is 1. The minimum Gasteiger partial charge on any atom is -0.465 e. The van der Waals surface area contributed by atoms with E-state index in [0.29, 0.717) is 18.9 Å². The van der Waals surface area contributed by atoms with Crippen LogP contribution in [0.4, 0.5) is 10.6 Å². The number of amides is 2. The molecular weight excluding hydrogens is 292 g/mol. The van der Waals surface area contributed by atoms with E-state index < -0.39 is 0 Å². The second-order valence-electron chi connectivity index (χ2n) is 6.06. The van der Waals surface area contributed by atoms with Crippen LogP contribution < -0.4 is 5.32 Å². The van der Waals surface area contributed by atoms with Crippen LogP contribution in [-0.4, -0.2) is 33.8 Å². The van der Waals surface area contributed by atoms with E-state index in [9.17, 15) is 4.79 Å². The lowest BCUT2D eigenvalue weighted by Crippen LogP contribution is -2.38. The average Bonchev–Trinajstić information content (AvgIpc) is 3.17. The van der Waals surface area contributed by atoms with Gasteiger partial charge in [0.2, 0.25) is 0 Å². The Morgan fingerprint density at radius 1 is 1.43 bits per heavy atom. The van der Waals surface area contributed by atoms with Crippen LogP contribution in [0.15, 0.2) is 35.0 Å². The Morgan fingerprint density at radius 2 is 2.26 bits per heavy atom. The van der Waals surface area contributed by atoms with Crippen molar-refractivity contribution < 1.29 is 9.21 Å². The average molecular weight is 314 g/mol. The minimum atomic E-state index is -0.129. The number of furan rings is 1. The fourth-order valence-corrected chi connectivity index (χ4v) is 2.82. The number of anilines is 1. The highest BCUT2D eigenvalue weighted by Gasteiger charge is 2.21. The van der Waals surface area contributed by atoms with Crippen molar-refractivity contribution in [3.63, 3.8) is 0 Å². The summed E-state index contributed by atoms with van der Waals surface area (Å²) in [5.41, 5.74) is 2.07. The Balaban J connectivity index is 1.67. The summed E-state index contributed by atoms with van der Waals surface area (Å²) in [6, 6.07) is 5.81. The van der Waals surface area contributed by atoms with E-state index >= 15 is 0 Å². The van der Waals surface area contributed by atoms with E-state index in [1.165, 1.54) is 0 Å². The van der Waals surface area contributed by atoms with Crippen molar-refractivity contribution in [3.05, 3.63) is 42.0 Å². The number of urea groups is 1. The number of hydrogen-bond donors (Lipinski definition) is 1. The third-order valence-electron chi connectivity index (χ3n) is 3.92. The monoisotopic (exact) mass is 314 g/mol. The molecule has 6 nitrogen and oxygen atoms in total. The lowest BCUT2D eigenvalue weighted by Gasteiger charge is -2.26. The third kappa shape index (κ3) is 3.31. The summed E-state index contributed by atoms with van der Waals surface area (Å²) in [5.74, 6) is 1.41. The van der Waals surface area contributed by atoms with Crippen molar-refractivity contribution in [1.29, 1.82) is 0 Å². The van der Waals surface area contributed by atoms with Gasteiger partial charge in [-0.15, -0.1) is 0 Å². The molecule has 2 amide bonds. The molecular formula is C17H22N4O2. The SMILES string of the molecule is Cc1cc(NC(=O)N2CCC=C(c3ccco3)C2)nn1C(C)C. The lowest BCUT2D eigenvalue weighted by molar-refractivity contribution is 0.217. The molecule has 0 bridgehead atoms. The Bertz CT molecular complexity index is 713. The molecule has 23 heavy (non-hydrogen) atoms. The summed E-state index contributed by atoms with van der Waals surface area (Å²) in [6.07, 6.45) is 4.60. The molecule has 1 aliphatic rings. The highest BCUT2D eigenvalue weighted by Crippen LogP contribution is 2.22. The van der Waals surface area contributed by atoms with Crippen molar-refractivity contribution in [2.24, 2.45) is 0 Å². The molecule has 3 heterocycles. The van der Waals surface area contributed by atoms with Crippen molar-refractivity contribution in [2.45, 2.75) is 33.2 Å². The maximum absolute atomic E-state index is 12.5. The number of carbonyl (C=O) groups excluding carboxylic acids is 1. The Hall–Kier alpha value is -2.50. The van der Waals surface area contributed by atoms with E-state index in [2.05, 4.69) is 30.3 Å². The molecule has 0 unspecified atom stereocenters. The molecule has 0 radical (unpaired) electrons. The summed E-state index contributed by atoms with van der Waals surface area (Å²) in [4.78, 5) is 14.3. The molecule has 3 rings (SSSR count). The van der Waals surface area contributed by atoms with Crippen LogP contribution in [0.1, 0.15) is 37.8 Å². The first kappa shape index (κ1) is 15.4. The zero-order chi connectivity index (χ0) is 16.4. The molecule has 0 saturated carbocycles. The molecule has 0 aromatic carbocycles. The van der Waals surface area contributed by atoms with Crippen LogP contribution in [-0.2, 0) is 0 Å². The number of nitrogens with zero attached hydrogens (tertiary/aromatic N) is 3. The fraction of sp³-hybridized carbons (Fsp3) is 0.412. The normalized spacial score (nSPS) is 15.0. The second kappa shape index (κ2) is 6.32. The van der Waals surface area contributed by atoms with Gasteiger partial charge in [-0.2, -0.15) is 5.10 Å².